The molecule has 0 bridgehead atoms. The molecule has 1 heterocycles. The molecule has 1 aromatic heterocycles. The van der Waals surface area contributed by atoms with Crippen molar-refractivity contribution < 1.29 is 5.11 Å². The third-order valence-electron chi connectivity index (χ3n) is 1.20. The Bertz CT molecular complexity index is 211. The zero-order valence-corrected chi connectivity index (χ0v) is 6.56. The van der Waals surface area contributed by atoms with Crippen molar-refractivity contribution in [2.45, 2.75) is 13.0 Å². The fraction of sp³-hybridized carbons (Fsp3) is 0.500. The molecule has 3 N–H and O–H groups in total. The van der Waals surface area contributed by atoms with Crippen LogP contribution in [-0.2, 0) is 0 Å². The van der Waals surface area contributed by atoms with Gasteiger partial charge in [-0.1, -0.05) is 0 Å². The highest BCUT2D eigenvalue weighted by Gasteiger charge is 2.06. The van der Waals surface area contributed by atoms with Gasteiger partial charge in [-0.25, -0.2) is 4.98 Å². The summed E-state index contributed by atoms with van der Waals surface area (Å²) in [5, 5.41) is 11.9. The fourth-order valence-electron chi connectivity index (χ4n) is 0.654. The Morgan fingerprint density at radius 3 is 3.00 bits per heavy atom. The number of rotatable bonds is 2. The first-order valence-corrected chi connectivity index (χ1v) is 3.92. The lowest BCUT2D eigenvalue weighted by atomic mass is 10.3. The van der Waals surface area contributed by atoms with Gasteiger partial charge in [-0.3, -0.25) is 0 Å². The molecule has 0 saturated heterocycles. The first kappa shape index (κ1) is 7.65. The number of thiazole rings is 1. The van der Waals surface area contributed by atoms with Gasteiger partial charge in [0.05, 0.1) is 10.7 Å². The lowest BCUT2D eigenvalue weighted by Crippen LogP contribution is -2.11. The predicted molar refractivity (Wildman–Crippen MR) is 40.9 cm³/mol. The molecule has 3 nitrogen and oxygen atoms in total. The summed E-state index contributed by atoms with van der Waals surface area (Å²) in [4.78, 5) is 4.07. The van der Waals surface area contributed by atoms with Gasteiger partial charge >= 0.3 is 0 Å². The number of aliphatic hydroxyl groups is 1. The molecule has 0 spiro atoms. The number of aryl methyl sites for hydroxylation is 1. The number of aliphatic hydroxyl groups excluding tert-OH is 1. The van der Waals surface area contributed by atoms with Crippen molar-refractivity contribution in [2.24, 2.45) is 5.73 Å². The number of aromatic nitrogens is 1. The summed E-state index contributed by atoms with van der Waals surface area (Å²) in [7, 11) is 0. The Hall–Kier alpha value is -0.450. The average Bonchev–Trinajstić information content (AvgIpc) is 2.34. The topological polar surface area (TPSA) is 59.1 Å². The lowest BCUT2D eigenvalue weighted by molar-refractivity contribution is 0.182. The second-order valence-corrected chi connectivity index (χ2v) is 3.11. The molecule has 0 amide bonds. The molecule has 0 saturated carbocycles. The Balaban J connectivity index is 2.74. The van der Waals surface area contributed by atoms with Gasteiger partial charge in [0, 0.05) is 11.9 Å². The fourth-order valence-corrected chi connectivity index (χ4v) is 1.31. The summed E-state index contributed by atoms with van der Waals surface area (Å²) < 4.78 is 0. The van der Waals surface area contributed by atoms with Crippen LogP contribution in [0.25, 0.3) is 0 Å². The quantitative estimate of drug-likeness (QED) is 0.656. The Morgan fingerprint density at radius 2 is 2.60 bits per heavy atom. The van der Waals surface area contributed by atoms with E-state index in [1.54, 1.807) is 0 Å². The average molecular weight is 158 g/mol. The second-order valence-electron chi connectivity index (χ2n) is 2.04. The van der Waals surface area contributed by atoms with Gasteiger partial charge in [-0.15, -0.1) is 11.3 Å². The first-order valence-electron chi connectivity index (χ1n) is 3.04. The van der Waals surface area contributed by atoms with E-state index in [9.17, 15) is 0 Å². The molecule has 0 aromatic carbocycles. The molecule has 1 atom stereocenters. The molecule has 56 valence electrons. The van der Waals surface area contributed by atoms with Crippen LogP contribution in [0.15, 0.2) is 5.38 Å². The molecule has 0 aliphatic carbocycles. The van der Waals surface area contributed by atoms with E-state index in [1.807, 2.05) is 12.3 Å². The van der Waals surface area contributed by atoms with Crippen LogP contribution in [0.5, 0.6) is 0 Å². The molecule has 1 rings (SSSR count). The molecule has 0 aliphatic heterocycles. The van der Waals surface area contributed by atoms with Crippen molar-refractivity contribution in [3.05, 3.63) is 16.1 Å². The minimum Gasteiger partial charge on any atom is -0.385 e. The summed E-state index contributed by atoms with van der Waals surface area (Å²) in [6.45, 7) is 2.14. The number of hydrogen-bond donors (Lipinski definition) is 2. The molecule has 0 unspecified atom stereocenters. The summed E-state index contributed by atoms with van der Waals surface area (Å²) in [5.41, 5.74) is 5.91. The van der Waals surface area contributed by atoms with Crippen molar-refractivity contribution in [3.8, 4) is 0 Å². The van der Waals surface area contributed by atoms with Crippen LogP contribution in [0.1, 0.15) is 16.8 Å². The number of nitrogens with two attached hydrogens (primary N) is 1. The maximum atomic E-state index is 9.16. The summed E-state index contributed by atoms with van der Waals surface area (Å²) in [6, 6.07) is 0. The third kappa shape index (κ3) is 1.53. The van der Waals surface area contributed by atoms with Gasteiger partial charge in [0.2, 0.25) is 0 Å². The van der Waals surface area contributed by atoms with Crippen LogP contribution in [0.2, 0.25) is 0 Å². The molecular weight excluding hydrogens is 148 g/mol. The SMILES string of the molecule is Cc1nc([C@H](O)CN)cs1. The van der Waals surface area contributed by atoms with Gasteiger partial charge in [0.15, 0.2) is 0 Å². The van der Waals surface area contributed by atoms with E-state index in [2.05, 4.69) is 4.98 Å². The van der Waals surface area contributed by atoms with Crippen LogP contribution in [0, 0.1) is 6.92 Å². The molecular formula is C6H10N2OS. The van der Waals surface area contributed by atoms with Crippen molar-refractivity contribution in [3.63, 3.8) is 0 Å². The van der Waals surface area contributed by atoms with E-state index in [-0.39, 0.29) is 6.54 Å². The highest BCUT2D eigenvalue weighted by atomic mass is 32.1. The molecule has 0 radical (unpaired) electrons. The van der Waals surface area contributed by atoms with Gasteiger partial charge in [0.25, 0.3) is 0 Å². The van der Waals surface area contributed by atoms with E-state index in [1.165, 1.54) is 11.3 Å². The minimum absolute atomic E-state index is 0.239. The van der Waals surface area contributed by atoms with E-state index >= 15 is 0 Å². The number of hydrogen-bond acceptors (Lipinski definition) is 4. The van der Waals surface area contributed by atoms with E-state index in [0.29, 0.717) is 5.69 Å². The summed E-state index contributed by atoms with van der Waals surface area (Å²) in [5.74, 6) is 0. The standard InChI is InChI=1S/C6H10N2OS/c1-4-8-5(3-10-4)6(9)2-7/h3,6,9H,2,7H2,1H3/t6-/m1/s1. The number of nitrogens with zero attached hydrogens (tertiary/aromatic N) is 1. The Morgan fingerprint density at radius 1 is 1.90 bits per heavy atom. The molecule has 0 fully saturated rings. The smallest absolute Gasteiger partial charge is 0.109 e. The Labute approximate surface area is 63.5 Å². The first-order chi connectivity index (χ1) is 4.74. The van der Waals surface area contributed by atoms with Gasteiger partial charge in [-0.2, -0.15) is 0 Å². The minimum atomic E-state index is -0.593. The van der Waals surface area contributed by atoms with E-state index in [0.717, 1.165) is 5.01 Å². The highest BCUT2D eigenvalue weighted by molar-refractivity contribution is 7.09. The second kappa shape index (κ2) is 3.09. The molecule has 10 heavy (non-hydrogen) atoms. The lowest BCUT2D eigenvalue weighted by Gasteiger charge is -2.00. The van der Waals surface area contributed by atoms with Crippen LogP contribution in [0.3, 0.4) is 0 Å². The van der Waals surface area contributed by atoms with Crippen molar-refractivity contribution >= 4 is 11.3 Å². The molecule has 1 aromatic rings. The van der Waals surface area contributed by atoms with Gasteiger partial charge in [-0.05, 0) is 6.92 Å². The highest BCUT2D eigenvalue weighted by Crippen LogP contribution is 2.14. The van der Waals surface area contributed by atoms with Gasteiger partial charge < -0.3 is 10.8 Å². The largest absolute Gasteiger partial charge is 0.385 e. The summed E-state index contributed by atoms with van der Waals surface area (Å²) >= 11 is 1.52. The van der Waals surface area contributed by atoms with E-state index in [4.69, 9.17) is 10.8 Å². The zero-order valence-electron chi connectivity index (χ0n) is 5.74. The summed E-state index contributed by atoms with van der Waals surface area (Å²) in [6.07, 6.45) is -0.593. The molecule has 4 heteroatoms. The normalized spacial score (nSPS) is 13.5. The van der Waals surface area contributed by atoms with Crippen LogP contribution < -0.4 is 5.73 Å². The Kier molecular flexibility index (Phi) is 2.37. The maximum absolute atomic E-state index is 9.16. The maximum Gasteiger partial charge on any atom is 0.109 e. The van der Waals surface area contributed by atoms with E-state index < -0.39 is 6.10 Å². The predicted octanol–water partition coefficient (Wildman–Crippen LogP) is 0.444. The van der Waals surface area contributed by atoms with Crippen LogP contribution >= 0.6 is 11.3 Å². The van der Waals surface area contributed by atoms with Crippen LogP contribution in [0.4, 0.5) is 0 Å². The van der Waals surface area contributed by atoms with Crippen molar-refractivity contribution in [1.29, 1.82) is 0 Å². The van der Waals surface area contributed by atoms with Crippen LogP contribution in [-0.4, -0.2) is 16.6 Å². The van der Waals surface area contributed by atoms with Gasteiger partial charge in [0.1, 0.15) is 6.10 Å². The monoisotopic (exact) mass is 158 g/mol. The van der Waals surface area contributed by atoms with Crippen molar-refractivity contribution in [2.75, 3.05) is 6.54 Å². The molecule has 0 aliphatic rings. The zero-order chi connectivity index (χ0) is 7.56. The third-order valence-corrected chi connectivity index (χ3v) is 1.99. The van der Waals surface area contributed by atoms with Crippen molar-refractivity contribution in [1.82, 2.24) is 4.98 Å².